The van der Waals surface area contributed by atoms with Crippen molar-refractivity contribution in [1.29, 1.82) is 0 Å². The molecule has 0 aliphatic heterocycles. The molecule has 2 aromatic heterocycles. The van der Waals surface area contributed by atoms with E-state index < -0.39 is 0 Å². The van der Waals surface area contributed by atoms with Crippen molar-refractivity contribution in [3.8, 4) is 0 Å². The highest BCUT2D eigenvalue weighted by Gasteiger charge is 2.10. The summed E-state index contributed by atoms with van der Waals surface area (Å²) in [6, 6.07) is 10.2. The molecule has 0 aliphatic rings. The Balaban J connectivity index is 0.00000176. The number of hydrogen-bond acceptors (Lipinski definition) is 4. The molecule has 7 heteroatoms. The Hall–Kier alpha value is -2.18. The highest BCUT2D eigenvalue weighted by Crippen LogP contribution is 2.08. The van der Waals surface area contributed by atoms with Gasteiger partial charge in [0, 0.05) is 6.54 Å². The Morgan fingerprint density at radius 3 is 2.77 bits per heavy atom. The number of imidazole rings is 1. The molecule has 0 unspecified atom stereocenters. The average molecular weight is 320 g/mol. The van der Waals surface area contributed by atoms with Gasteiger partial charge in [0.25, 0.3) is 5.56 Å². The number of H-pyrrole nitrogens is 1. The molecule has 0 bridgehead atoms. The SMILES string of the molecule is CNCc1nc2ncn(CCc3ccccc3)c2c(=O)[nH]1.Cl. The summed E-state index contributed by atoms with van der Waals surface area (Å²) in [7, 11) is 1.81. The second kappa shape index (κ2) is 7.20. The molecule has 2 N–H and O–H groups in total. The number of nitrogens with zero attached hydrogens (tertiary/aromatic N) is 3. The second-order valence-electron chi connectivity index (χ2n) is 4.89. The van der Waals surface area contributed by atoms with Gasteiger partial charge in [0.05, 0.1) is 12.9 Å². The Morgan fingerprint density at radius 1 is 1.27 bits per heavy atom. The Kier molecular flexibility index (Phi) is 5.30. The maximum atomic E-state index is 12.2. The average Bonchev–Trinajstić information content (AvgIpc) is 2.90. The van der Waals surface area contributed by atoms with Crippen molar-refractivity contribution in [2.75, 3.05) is 7.05 Å². The minimum absolute atomic E-state index is 0. The summed E-state index contributed by atoms with van der Waals surface area (Å²) in [4.78, 5) is 23.6. The van der Waals surface area contributed by atoms with Crippen LogP contribution >= 0.6 is 12.4 Å². The summed E-state index contributed by atoms with van der Waals surface area (Å²) in [5.41, 5.74) is 2.12. The summed E-state index contributed by atoms with van der Waals surface area (Å²) in [5.74, 6) is 0.600. The zero-order valence-corrected chi connectivity index (χ0v) is 13.1. The van der Waals surface area contributed by atoms with Gasteiger partial charge in [0.15, 0.2) is 11.2 Å². The molecule has 1 aromatic carbocycles. The molecule has 0 fully saturated rings. The fraction of sp³-hybridized carbons (Fsp3) is 0.267. The maximum Gasteiger partial charge on any atom is 0.277 e. The van der Waals surface area contributed by atoms with Gasteiger partial charge in [0.1, 0.15) is 5.82 Å². The minimum Gasteiger partial charge on any atom is -0.324 e. The van der Waals surface area contributed by atoms with E-state index in [4.69, 9.17) is 0 Å². The first-order valence-electron chi connectivity index (χ1n) is 6.90. The van der Waals surface area contributed by atoms with Gasteiger partial charge in [-0.3, -0.25) is 4.79 Å². The number of aryl methyl sites for hydroxylation is 2. The van der Waals surface area contributed by atoms with Crippen molar-refractivity contribution in [3.63, 3.8) is 0 Å². The Labute approximate surface area is 134 Å². The summed E-state index contributed by atoms with van der Waals surface area (Å²) in [6.07, 6.45) is 2.53. The third-order valence-electron chi connectivity index (χ3n) is 3.36. The first-order chi connectivity index (χ1) is 10.3. The van der Waals surface area contributed by atoms with Crippen LogP contribution in [0.25, 0.3) is 11.2 Å². The standard InChI is InChI=1S/C15H17N5O.ClH/c1-16-9-12-18-14-13(15(21)19-12)20(10-17-14)8-7-11-5-3-2-4-6-11;/h2-6,10,16H,7-9H2,1H3,(H,18,19,21);1H. The highest BCUT2D eigenvalue weighted by atomic mass is 35.5. The fourth-order valence-electron chi connectivity index (χ4n) is 2.35. The number of benzene rings is 1. The highest BCUT2D eigenvalue weighted by molar-refractivity contribution is 5.85. The van der Waals surface area contributed by atoms with E-state index in [1.54, 1.807) is 6.33 Å². The van der Waals surface area contributed by atoms with Crippen LogP contribution in [-0.2, 0) is 19.5 Å². The molecule has 0 amide bonds. The van der Waals surface area contributed by atoms with Crippen molar-refractivity contribution in [2.24, 2.45) is 0 Å². The molecular weight excluding hydrogens is 302 g/mol. The normalized spacial score (nSPS) is 10.6. The van der Waals surface area contributed by atoms with E-state index in [1.165, 1.54) is 5.56 Å². The topological polar surface area (TPSA) is 75.6 Å². The van der Waals surface area contributed by atoms with Crippen molar-refractivity contribution in [3.05, 3.63) is 58.4 Å². The molecule has 3 rings (SSSR count). The van der Waals surface area contributed by atoms with Crippen LogP contribution in [0.15, 0.2) is 41.5 Å². The van der Waals surface area contributed by atoms with Crippen molar-refractivity contribution >= 4 is 23.6 Å². The molecule has 0 aliphatic carbocycles. The van der Waals surface area contributed by atoms with Crippen molar-refractivity contribution in [1.82, 2.24) is 24.8 Å². The first-order valence-corrected chi connectivity index (χ1v) is 6.90. The van der Waals surface area contributed by atoms with Crippen LogP contribution in [0.4, 0.5) is 0 Å². The van der Waals surface area contributed by atoms with Gasteiger partial charge in [-0.25, -0.2) is 9.97 Å². The number of halogens is 1. The number of hydrogen-bond donors (Lipinski definition) is 2. The van der Waals surface area contributed by atoms with E-state index in [0.717, 1.165) is 6.42 Å². The summed E-state index contributed by atoms with van der Waals surface area (Å²) in [5, 5.41) is 2.96. The lowest BCUT2D eigenvalue weighted by Crippen LogP contribution is -2.18. The predicted octanol–water partition coefficient (Wildman–Crippen LogP) is 1.50. The number of aromatic amines is 1. The van der Waals surface area contributed by atoms with Gasteiger partial charge in [-0.05, 0) is 19.0 Å². The molecule has 0 atom stereocenters. The van der Waals surface area contributed by atoms with Gasteiger partial charge in [-0.15, -0.1) is 12.4 Å². The van der Waals surface area contributed by atoms with Crippen LogP contribution in [0.2, 0.25) is 0 Å². The summed E-state index contributed by atoms with van der Waals surface area (Å²) >= 11 is 0. The van der Waals surface area contributed by atoms with E-state index in [-0.39, 0.29) is 18.0 Å². The smallest absolute Gasteiger partial charge is 0.277 e. The Morgan fingerprint density at radius 2 is 2.05 bits per heavy atom. The molecule has 2 heterocycles. The predicted molar refractivity (Wildman–Crippen MR) is 88.3 cm³/mol. The third-order valence-corrected chi connectivity index (χ3v) is 3.36. The molecule has 116 valence electrons. The largest absolute Gasteiger partial charge is 0.324 e. The van der Waals surface area contributed by atoms with Gasteiger partial charge >= 0.3 is 0 Å². The Bertz CT molecular complexity index is 797. The zero-order chi connectivity index (χ0) is 14.7. The van der Waals surface area contributed by atoms with Crippen LogP contribution < -0.4 is 10.9 Å². The first kappa shape index (κ1) is 16.2. The van der Waals surface area contributed by atoms with Gasteiger partial charge in [-0.1, -0.05) is 30.3 Å². The lowest BCUT2D eigenvalue weighted by Gasteiger charge is -2.04. The molecular formula is C15H18ClN5O. The number of fused-ring (bicyclic) bond motifs is 1. The summed E-state index contributed by atoms with van der Waals surface area (Å²) < 4.78 is 1.86. The number of rotatable bonds is 5. The molecule has 22 heavy (non-hydrogen) atoms. The van der Waals surface area contributed by atoms with Gasteiger partial charge in [0.2, 0.25) is 0 Å². The molecule has 3 aromatic rings. The minimum atomic E-state index is -0.143. The van der Waals surface area contributed by atoms with Gasteiger partial charge in [-0.2, -0.15) is 0 Å². The van der Waals surface area contributed by atoms with E-state index in [2.05, 4.69) is 32.4 Å². The molecule has 0 radical (unpaired) electrons. The van der Waals surface area contributed by atoms with Crippen molar-refractivity contribution < 1.29 is 0 Å². The van der Waals surface area contributed by atoms with Crippen LogP contribution in [0.5, 0.6) is 0 Å². The number of aromatic nitrogens is 4. The quantitative estimate of drug-likeness (QED) is 0.747. The molecule has 0 spiro atoms. The fourth-order valence-corrected chi connectivity index (χ4v) is 2.35. The summed E-state index contributed by atoms with van der Waals surface area (Å²) in [6.45, 7) is 1.22. The zero-order valence-electron chi connectivity index (χ0n) is 12.2. The van der Waals surface area contributed by atoms with Crippen LogP contribution in [0.3, 0.4) is 0 Å². The van der Waals surface area contributed by atoms with E-state index in [9.17, 15) is 4.79 Å². The lowest BCUT2D eigenvalue weighted by molar-refractivity contribution is 0.710. The van der Waals surface area contributed by atoms with E-state index >= 15 is 0 Å². The van der Waals surface area contributed by atoms with Crippen LogP contribution in [0.1, 0.15) is 11.4 Å². The number of nitrogens with one attached hydrogen (secondary N) is 2. The van der Waals surface area contributed by atoms with E-state index in [0.29, 0.717) is 30.1 Å². The monoisotopic (exact) mass is 319 g/mol. The molecule has 0 saturated heterocycles. The molecule has 0 saturated carbocycles. The third kappa shape index (κ3) is 3.35. The van der Waals surface area contributed by atoms with Crippen LogP contribution in [0, 0.1) is 0 Å². The van der Waals surface area contributed by atoms with Crippen molar-refractivity contribution in [2.45, 2.75) is 19.5 Å². The lowest BCUT2D eigenvalue weighted by atomic mass is 10.1. The van der Waals surface area contributed by atoms with E-state index in [1.807, 2.05) is 29.8 Å². The molecule has 6 nitrogen and oxygen atoms in total. The van der Waals surface area contributed by atoms with Gasteiger partial charge < -0.3 is 14.9 Å². The second-order valence-corrected chi connectivity index (χ2v) is 4.89. The maximum absolute atomic E-state index is 12.2. The van der Waals surface area contributed by atoms with Crippen LogP contribution in [-0.4, -0.2) is 26.6 Å².